The predicted octanol–water partition coefficient (Wildman–Crippen LogP) is 10.2. The molecule has 53 heavy (non-hydrogen) atoms. The van der Waals surface area contributed by atoms with Crippen LogP contribution in [0.1, 0.15) is 49.9 Å². The lowest BCUT2D eigenvalue weighted by atomic mass is 10.0. The Bertz CT molecular complexity index is 2200. The molecule has 5 rings (SSSR count). The number of aliphatic imine (C=N–C) groups is 1. The fraction of sp³-hybridized carbons (Fsp3) is 0.250. The summed E-state index contributed by atoms with van der Waals surface area (Å²) in [7, 11) is 0. The standard InChI is InChI=1S/C20H18FN3OS.C11H14N2.C9H5FN2OS/c1-12-6-8-14(9-7-12)24-19(26)23(18(25)20(24,3)4)16-11-10-15(22-5)13(2)17(16)21;1-9-4-6-10(7-5-9)13-11(2,3)8-12;1-11-7-2-3-8(12-5-14)9(10)6(7)4-13/h6-11H,1-4H3;4-7,13H,1-3H3;2-3,13H,4H2. The Kier molecular flexibility index (Phi) is 13.8. The van der Waals surface area contributed by atoms with Crippen LogP contribution in [0.25, 0.3) is 9.69 Å². The summed E-state index contributed by atoms with van der Waals surface area (Å²) in [6.45, 7) is 26.1. The average Bonchev–Trinajstić information content (AvgIpc) is 3.30. The van der Waals surface area contributed by atoms with Gasteiger partial charge in [-0.05, 0) is 115 Å². The molecule has 270 valence electrons. The van der Waals surface area contributed by atoms with E-state index in [9.17, 15) is 13.6 Å². The number of hydrogen-bond acceptors (Lipinski definition) is 7. The van der Waals surface area contributed by atoms with Crippen LogP contribution in [0.2, 0.25) is 0 Å². The van der Waals surface area contributed by atoms with Gasteiger partial charge in [0.15, 0.2) is 16.5 Å². The van der Waals surface area contributed by atoms with E-state index >= 15 is 0 Å². The number of aliphatic hydroxyl groups excluding tert-OH is 1. The number of halogens is 2. The first-order valence-corrected chi connectivity index (χ1v) is 16.8. The summed E-state index contributed by atoms with van der Waals surface area (Å²) in [6, 6.07) is 23.5. The van der Waals surface area contributed by atoms with Gasteiger partial charge < -0.3 is 15.3 Å². The second-order valence-electron chi connectivity index (χ2n) is 12.9. The molecule has 9 nitrogen and oxygen atoms in total. The predicted molar refractivity (Wildman–Crippen MR) is 213 cm³/mol. The van der Waals surface area contributed by atoms with Crippen molar-refractivity contribution < 1.29 is 18.7 Å². The maximum atomic E-state index is 14.9. The normalized spacial score (nSPS) is 12.9. The van der Waals surface area contributed by atoms with Gasteiger partial charge in [-0.15, -0.1) is 0 Å². The number of hydrogen-bond donors (Lipinski definition) is 2. The van der Waals surface area contributed by atoms with Gasteiger partial charge in [0, 0.05) is 16.9 Å². The lowest BCUT2D eigenvalue weighted by Crippen LogP contribution is -2.44. The first kappa shape index (κ1) is 41.5. The lowest BCUT2D eigenvalue weighted by molar-refractivity contribution is -0.120. The zero-order valence-electron chi connectivity index (χ0n) is 30.2. The highest BCUT2D eigenvalue weighted by Gasteiger charge is 2.51. The quantitative estimate of drug-likeness (QED) is 0.115. The number of thiocarbonyl (C=S) groups is 2. The molecule has 4 aromatic carbocycles. The van der Waals surface area contributed by atoms with Crippen LogP contribution >= 0.6 is 24.4 Å². The van der Waals surface area contributed by atoms with Gasteiger partial charge in [0.05, 0.1) is 36.7 Å². The average molecular weight is 750 g/mol. The largest absolute Gasteiger partial charge is 0.393 e. The molecule has 1 aliphatic rings. The molecule has 0 unspecified atom stereocenters. The number of carbonyl (C=O) groups is 1. The molecule has 0 atom stereocenters. The fourth-order valence-corrected chi connectivity index (χ4v) is 5.72. The summed E-state index contributed by atoms with van der Waals surface area (Å²) in [5.74, 6) is -1.63. The van der Waals surface area contributed by atoms with Crippen LogP contribution in [0.15, 0.2) is 77.8 Å². The highest BCUT2D eigenvalue weighted by molar-refractivity contribution is 7.81. The number of nitrogens with one attached hydrogen (secondary N) is 1. The summed E-state index contributed by atoms with van der Waals surface area (Å²) in [5, 5.41) is 23.0. The summed E-state index contributed by atoms with van der Waals surface area (Å²) < 4.78 is 28.3. The number of rotatable bonds is 6. The van der Waals surface area contributed by atoms with Gasteiger partial charge in [0.25, 0.3) is 5.91 Å². The lowest BCUT2D eigenvalue weighted by Gasteiger charge is -2.29. The Labute approximate surface area is 319 Å². The van der Waals surface area contributed by atoms with E-state index < -0.39 is 29.3 Å². The number of isothiocyanates is 1. The van der Waals surface area contributed by atoms with Crippen LogP contribution in [0.5, 0.6) is 0 Å². The van der Waals surface area contributed by atoms with Gasteiger partial charge in [-0.1, -0.05) is 47.5 Å². The van der Waals surface area contributed by atoms with Crippen LogP contribution in [0.3, 0.4) is 0 Å². The third-order valence-corrected chi connectivity index (χ3v) is 8.55. The number of aliphatic hydroxyl groups is 1. The fourth-order valence-electron chi connectivity index (χ4n) is 5.10. The molecule has 13 heteroatoms. The molecule has 2 N–H and O–H groups in total. The molecule has 0 aromatic heterocycles. The summed E-state index contributed by atoms with van der Waals surface area (Å²) >= 11 is 9.88. The summed E-state index contributed by atoms with van der Waals surface area (Å²) in [6.07, 6.45) is 0. The molecule has 0 aliphatic carbocycles. The Hall–Kier alpha value is -5.87. The number of nitriles is 1. The number of anilines is 3. The first-order chi connectivity index (χ1) is 25.0. The SMILES string of the molecule is Cc1ccc(NC(C)(C)C#N)cc1.[C-]#[N+]c1ccc(N2C(=O)C(C)(C)N(c3ccc(C)cc3)C2=S)c(F)c1C.[C-]#[N+]c1ccc(N=C=S)c(F)c1CO. The van der Waals surface area contributed by atoms with Crippen molar-refractivity contribution in [3.63, 3.8) is 0 Å². The van der Waals surface area contributed by atoms with Gasteiger partial charge in [0.2, 0.25) is 0 Å². The molecule has 1 amide bonds. The molecule has 0 bridgehead atoms. The molecule has 0 saturated carbocycles. The van der Waals surface area contributed by atoms with Crippen LogP contribution in [0, 0.1) is 56.9 Å². The van der Waals surface area contributed by atoms with Crippen LogP contribution < -0.4 is 15.1 Å². The van der Waals surface area contributed by atoms with Crippen molar-refractivity contribution in [2.75, 3.05) is 15.1 Å². The van der Waals surface area contributed by atoms with E-state index in [0.717, 1.165) is 16.9 Å². The van der Waals surface area contributed by atoms with Crippen molar-refractivity contribution in [3.8, 4) is 6.07 Å². The molecule has 0 spiro atoms. The monoisotopic (exact) mass is 749 g/mol. The summed E-state index contributed by atoms with van der Waals surface area (Å²) in [5.41, 5.74) is 3.12. The van der Waals surface area contributed by atoms with Crippen LogP contribution in [-0.2, 0) is 11.4 Å². The van der Waals surface area contributed by atoms with E-state index in [1.54, 1.807) is 18.7 Å². The molecule has 1 fully saturated rings. The van der Waals surface area contributed by atoms with E-state index in [1.807, 2.05) is 81.4 Å². The molecule has 1 aliphatic heterocycles. The van der Waals surface area contributed by atoms with Crippen molar-refractivity contribution >= 4 is 74.7 Å². The Morgan fingerprint density at radius 1 is 0.925 bits per heavy atom. The van der Waals surface area contributed by atoms with Gasteiger partial charge in [0.1, 0.15) is 28.4 Å². The topological polar surface area (TPSA) is 101 Å². The second kappa shape index (κ2) is 17.6. The van der Waals surface area contributed by atoms with Crippen molar-refractivity contribution in [3.05, 3.63) is 130 Å². The maximum Gasteiger partial charge on any atom is 0.259 e. The Morgan fingerprint density at radius 2 is 1.47 bits per heavy atom. The van der Waals surface area contributed by atoms with Crippen molar-refractivity contribution in [1.29, 1.82) is 5.26 Å². The van der Waals surface area contributed by atoms with Gasteiger partial charge in [-0.3, -0.25) is 9.69 Å². The minimum atomic E-state index is -0.953. The van der Waals surface area contributed by atoms with Gasteiger partial charge in [-0.2, -0.15) is 10.3 Å². The molecule has 4 aromatic rings. The number of carbonyl (C=O) groups excluding carboxylic acids is 1. The van der Waals surface area contributed by atoms with E-state index in [2.05, 4.69) is 38.3 Å². The summed E-state index contributed by atoms with van der Waals surface area (Å²) in [4.78, 5) is 25.9. The van der Waals surface area contributed by atoms with Gasteiger partial charge >= 0.3 is 0 Å². The van der Waals surface area contributed by atoms with Crippen molar-refractivity contribution in [2.45, 2.75) is 66.2 Å². The highest BCUT2D eigenvalue weighted by atomic mass is 32.1. The molecule has 1 saturated heterocycles. The molecule has 1 heterocycles. The number of nitrogens with zero attached hydrogens (tertiary/aromatic N) is 6. The van der Waals surface area contributed by atoms with E-state index in [4.69, 9.17) is 35.7 Å². The zero-order chi connectivity index (χ0) is 39.7. The van der Waals surface area contributed by atoms with Crippen molar-refractivity contribution in [2.24, 2.45) is 4.99 Å². The van der Waals surface area contributed by atoms with E-state index in [0.29, 0.717) is 0 Å². The number of aryl methyl sites for hydroxylation is 2. The smallest absolute Gasteiger partial charge is 0.259 e. The molecule has 0 radical (unpaired) electrons. The first-order valence-electron chi connectivity index (χ1n) is 16.0. The van der Waals surface area contributed by atoms with E-state index in [1.165, 1.54) is 41.7 Å². The van der Waals surface area contributed by atoms with Crippen LogP contribution in [0.4, 0.5) is 42.9 Å². The van der Waals surface area contributed by atoms with Gasteiger partial charge in [-0.25, -0.2) is 18.5 Å². The Balaban J connectivity index is 0.000000237. The minimum Gasteiger partial charge on any atom is -0.393 e. The second-order valence-corrected chi connectivity index (χ2v) is 13.5. The number of benzene rings is 4. The Morgan fingerprint density at radius 3 is 1.98 bits per heavy atom. The number of amides is 1. The minimum absolute atomic E-state index is 0.0172. The molecular weight excluding hydrogens is 713 g/mol. The third kappa shape index (κ3) is 9.52. The maximum absolute atomic E-state index is 14.9. The molecular formula is C40H37F2N7O2S2. The van der Waals surface area contributed by atoms with Crippen LogP contribution in [-0.4, -0.2) is 32.4 Å². The van der Waals surface area contributed by atoms with Crippen molar-refractivity contribution in [1.82, 2.24) is 0 Å². The highest BCUT2D eigenvalue weighted by Crippen LogP contribution is 2.39. The zero-order valence-corrected chi connectivity index (χ0v) is 31.9. The third-order valence-electron chi connectivity index (χ3n) is 8.09. The van der Waals surface area contributed by atoms with E-state index in [-0.39, 0.29) is 44.9 Å².